The van der Waals surface area contributed by atoms with Crippen LogP contribution in [0.5, 0.6) is 0 Å². The van der Waals surface area contributed by atoms with E-state index in [1.807, 2.05) is 6.92 Å². The van der Waals surface area contributed by atoms with Gasteiger partial charge in [-0.2, -0.15) is 5.10 Å². The molecule has 2 heterocycles. The number of carbonyl (C=O) groups excluding carboxylic acids is 3. The molecule has 0 fully saturated rings. The van der Waals surface area contributed by atoms with Crippen LogP contribution in [0.1, 0.15) is 70.2 Å². The number of halogens is 1. The van der Waals surface area contributed by atoms with E-state index in [0.29, 0.717) is 28.4 Å². The number of primary amides is 1. The first-order chi connectivity index (χ1) is 13.5. The minimum Gasteiger partial charge on any atom is -0.459 e. The van der Waals surface area contributed by atoms with Crippen LogP contribution in [-0.4, -0.2) is 33.7 Å². The highest BCUT2D eigenvalue weighted by Gasteiger charge is 2.29. The Kier molecular flexibility index (Phi) is 7.07. The molecule has 2 aromatic heterocycles. The first-order valence-corrected chi connectivity index (χ1v) is 10.3. The standard InChI is InChI=1S/C19H25ClN4O4S/c1-7-12(24-11(6)14(20)10(5)23-24)17(26)22-18-13(19(27)28-8(2)3)9(4)15(29-18)16(21)25/h8,12H,7H2,1-6H3,(H2,21,25)(H,22,26). The number of esters is 1. The van der Waals surface area contributed by atoms with Crippen LogP contribution in [0, 0.1) is 20.8 Å². The summed E-state index contributed by atoms with van der Waals surface area (Å²) in [5, 5.41) is 7.83. The SMILES string of the molecule is CCC(C(=O)Nc1sc(C(N)=O)c(C)c1C(=O)OC(C)C)n1nc(C)c(Cl)c1C. The van der Waals surface area contributed by atoms with Crippen LogP contribution in [0.3, 0.4) is 0 Å². The fourth-order valence-electron chi connectivity index (χ4n) is 2.97. The quantitative estimate of drug-likeness (QED) is 0.635. The lowest BCUT2D eigenvalue weighted by molar-refractivity contribution is -0.119. The smallest absolute Gasteiger partial charge is 0.341 e. The van der Waals surface area contributed by atoms with Crippen molar-refractivity contribution in [3.63, 3.8) is 0 Å². The van der Waals surface area contributed by atoms with Crippen molar-refractivity contribution >= 4 is 45.7 Å². The lowest BCUT2D eigenvalue weighted by atomic mass is 10.1. The number of amides is 2. The molecule has 0 radical (unpaired) electrons. The van der Waals surface area contributed by atoms with Crippen molar-refractivity contribution in [2.24, 2.45) is 5.73 Å². The average molecular weight is 441 g/mol. The van der Waals surface area contributed by atoms with E-state index in [1.165, 1.54) is 0 Å². The van der Waals surface area contributed by atoms with E-state index >= 15 is 0 Å². The summed E-state index contributed by atoms with van der Waals surface area (Å²) in [7, 11) is 0. The molecule has 10 heteroatoms. The van der Waals surface area contributed by atoms with E-state index in [2.05, 4.69) is 10.4 Å². The summed E-state index contributed by atoms with van der Waals surface area (Å²) >= 11 is 7.16. The third-order valence-electron chi connectivity index (χ3n) is 4.38. The molecular formula is C19H25ClN4O4S. The van der Waals surface area contributed by atoms with Gasteiger partial charge in [-0.1, -0.05) is 18.5 Å². The lowest BCUT2D eigenvalue weighted by Gasteiger charge is -2.17. The molecule has 1 unspecified atom stereocenters. The number of nitrogens with two attached hydrogens (primary N) is 1. The number of aromatic nitrogens is 2. The summed E-state index contributed by atoms with van der Waals surface area (Å²) in [4.78, 5) is 37.5. The Bertz CT molecular complexity index is 964. The predicted molar refractivity (Wildman–Crippen MR) is 113 cm³/mol. The second kappa shape index (κ2) is 8.96. The number of thiophene rings is 1. The van der Waals surface area contributed by atoms with Gasteiger partial charge in [-0.25, -0.2) is 4.79 Å². The fraction of sp³-hybridized carbons (Fsp3) is 0.474. The topological polar surface area (TPSA) is 116 Å². The summed E-state index contributed by atoms with van der Waals surface area (Å²) in [5.41, 5.74) is 7.23. The van der Waals surface area contributed by atoms with Gasteiger partial charge in [-0.3, -0.25) is 14.3 Å². The highest BCUT2D eigenvalue weighted by Crippen LogP contribution is 2.35. The van der Waals surface area contributed by atoms with Gasteiger partial charge in [0.15, 0.2) is 0 Å². The van der Waals surface area contributed by atoms with E-state index in [4.69, 9.17) is 22.1 Å². The van der Waals surface area contributed by atoms with Crippen LogP contribution < -0.4 is 11.1 Å². The molecule has 2 rings (SSSR count). The number of ether oxygens (including phenoxy) is 1. The van der Waals surface area contributed by atoms with E-state index in [0.717, 1.165) is 11.3 Å². The zero-order chi connectivity index (χ0) is 22.0. The van der Waals surface area contributed by atoms with Gasteiger partial charge in [0.05, 0.1) is 33.0 Å². The maximum Gasteiger partial charge on any atom is 0.341 e. The molecule has 2 aromatic rings. The van der Waals surface area contributed by atoms with Gasteiger partial charge in [0, 0.05) is 0 Å². The maximum absolute atomic E-state index is 13.0. The Balaban J connectivity index is 2.44. The number of aryl methyl sites for hydroxylation is 1. The highest BCUT2D eigenvalue weighted by atomic mass is 35.5. The van der Waals surface area contributed by atoms with Gasteiger partial charge in [0.1, 0.15) is 11.0 Å². The number of hydrogen-bond donors (Lipinski definition) is 2. The van der Waals surface area contributed by atoms with E-state index in [9.17, 15) is 14.4 Å². The van der Waals surface area contributed by atoms with Crippen LogP contribution >= 0.6 is 22.9 Å². The van der Waals surface area contributed by atoms with Crippen molar-refractivity contribution in [2.75, 3.05) is 5.32 Å². The molecule has 0 aliphatic rings. The van der Waals surface area contributed by atoms with E-state index in [-0.39, 0.29) is 27.5 Å². The number of anilines is 1. The summed E-state index contributed by atoms with van der Waals surface area (Å²) in [6.45, 7) is 10.4. The van der Waals surface area contributed by atoms with Gasteiger partial charge in [0.25, 0.3) is 5.91 Å². The van der Waals surface area contributed by atoms with Crippen molar-refractivity contribution in [3.05, 3.63) is 32.4 Å². The van der Waals surface area contributed by atoms with Crippen LogP contribution in [0.2, 0.25) is 5.02 Å². The monoisotopic (exact) mass is 440 g/mol. The average Bonchev–Trinajstić information content (AvgIpc) is 3.07. The van der Waals surface area contributed by atoms with Gasteiger partial charge >= 0.3 is 5.97 Å². The van der Waals surface area contributed by atoms with E-state index < -0.39 is 17.9 Å². The first kappa shape index (κ1) is 22.9. The van der Waals surface area contributed by atoms with Crippen molar-refractivity contribution in [1.82, 2.24) is 9.78 Å². The second-order valence-electron chi connectivity index (χ2n) is 6.92. The normalized spacial score (nSPS) is 12.1. The number of rotatable bonds is 7. The zero-order valence-corrected chi connectivity index (χ0v) is 18.8. The maximum atomic E-state index is 13.0. The van der Waals surface area contributed by atoms with Crippen LogP contribution in [0.25, 0.3) is 0 Å². The molecule has 1 atom stereocenters. The summed E-state index contributed by atoms with van der Waals surface area (Å²) in [6, 6.07) is -0.644. The number of carbonyl (C=O) groups is 3. The van der Waals surface area contributed by atoms with Crippen molar-refractivity contribution in [2.45, 2.75) is 60.1 Å². The van der Waals surface area contributed by atoms with Crippen LogP contribution in [0.4, 0.5) is 5.00 Å². The molecule has 0 aliphatic heterocycles. The van der Waals surface area contributed by atoms with E-state index in [1.54, 1.807) is 39.3 Å². The number of nitrogens with zero attached hydrogens (tertiary/aromatic N) is 2. The Morgan fingerprint density at radius 3 is 2.34 bits per heavy atom. The number of hydrogen-bond acceptors (Lipinski definition) is 6. The fourth-order valence-corrected chi connectivity index (χ4v) is 4.14. The van der Waals surface area contributed by atoms with Gasteiger partial charge in [0.2, 0.25) is 5.91 Å². The predicted octanol–water partition coefficient (Wildman–Crippen LogP) is 3.78. The molecule has 0 spiro atoms. The van der Waals surface area contributed by atoms with Gasteiger partial charge < -0.3 is 15.8 Å². The Labute approximate surface area is 178 Å². The highest BCUT2D eigenvalue weighted by molar-refractivity contribution is 7.18. The molecule has 0 bridgehead atoms. The minimum absolute atomic E-state index is 0.132. The summed E-state index contributed by atoms with van der Waals surface area (Å²) in [5.74, 6) is -1.69. The summed E-state index contributed by atoms with van der Waals surface area (Å²) in [6.07, 6.45) is 0.0887. The summed E-state index contributed by atoms with van der Waals surface area (Å²) < 4.78 is 6.84. The third-order valence-corrected chi connectivity index (χ3v) is 6.14. The molecular weight excluding hydrogens is 416 g/mol. The minimum atomic E-state index is -0.677. The van der Waals surface area contributed by atoms with Crippen molar-refractivity contribution < 1.29 is 19.1 Å². The molecule has 2 amide bonds. The Morgan fingerprint density at radius 1 is 1.28 bits per heavy atom. The van der Waals surface area contributed by atoms with Crippen molar-refractivity contribution in [1.29, 1.82) is 0 Å². The van der Waals surface area contributed by atoms with Gasteiger partial charge in [-0.05, 0) is 46.6 Å². The molecule has 0 aromatic carbocycles. The molecule has 29 heavy (non-hydrogen) atoms. The second-order valence-corrected chi connectivity index (χ2v) is 8.32. The zero-order valence-electron chi connectivity index (χ0n) is 17.3. The third kappa shape index (κ3) is 4.62. The van der Waals surface area contributed by atoms with Gasteiger partial charge in [-0.15, -0.1) is 11.3 Å². The molecule has 0 saturated heterocycles. The van der Waals surface area contributed by atoms with Crippen LogP contribution in [-0.2, 0) is 9.53 Å². The molecule has 3 N–H and O–H groups in total. The first-order valence-electron chi connectivity index (χ1n) is 9.15. The Hall–Kier alpha value is -2.39. The van der Waals surface area contributed by atoms with Crippen molar-refractivity contribution in [3.8, 4) is 0 Å². The Morgan fingerprint density at radius 2 is 1.90 bits per heavy atom. The largest absolute Gasteiger partial charge is 0.459 e. The number of nitrogens with one attached hydrogen (secondary N) is 1. The lowest BCUT2D eigenvalue weighted by Crippen LogP contribution is -2.27. The molecule has 158 valence electrons. The molecule has 8 nitrogen and oxygen atoms in total. The molecule has 0 aliphatic carbocycles. The van der Waals surface area contributed by atoms with Crippen LogP contribution in [0.15, 0.2) is 0 Å². The molecule has 0 saturated carbocycles.